The molecule has 7 nitrogen and oxygen atoms in total. The first kappa shape index (κ1) is 16.6. The number of aromatic amines is 1. The third kappa shape index (κ3) is 2.80. The van der Waals surface area contributed by atoms with Crippen LogP contribution in [0.3, 0.4) is 0 Å². The van der Waals surface area contributed by atoms with Crippen LogP contribution in [0, 0.1) is 0 Å². The molecule has 0 saturated carbocycles. The zero-order valence-corrected chi connectivity index (χ0v) is 14.3. The lowest BCUT2D eigenvalue weighted by Crippen LogP contribution is -2.39. The molecule has 0 aliphatic carbocycles. The Kier molecular flexibility index (Phi) is 4.36. The van der Waals surface area contributed by atoms with Gasteiger partial charge in [-0.05, 0) is 38.8 Å². The second kappa shape index (κ2) is 6.32. The average Bonchev–Trinajstić information content (AvgIpc) is 2.55. The van der Waals surface area contributed by atoms with Gasteiger partial charge in [-0.15, -0.1) is 0 Å². The van der Waals surface area contributed by atoms with Gasteiger partial charge in [-0.3, -0.25) is 14.7 Å². The molecule has 0 bridgehead atoms. The van der Waals surface area contributed by atoms with Crippen molar-refractivity contribution >= 4 is 10.8 Å². The van der Waals surface area contributed by atoms with E-state index in [4.69, 9.17) is 14.2 Å². The Morgan fingerprint density at radius 1 is 1.04 bits per heavy atom. The third-order valence-electron chi connectivity index (χ3n) is 4.48. The second-order valence-corrected chi connectivity index (χ2v) is 6.25. The minimum Gasteiger partial charge on any atom is -0.493 e. The van der Waals surface area contributed by atoms with Crippen LogP contribution >= 0.6 is 0 Å². The fourth-order valence-corrected chi connectivity index (χ4v) is 3.43. The van der Waals surface area contributed by atoms with E-state index < -0.39 is 0 Å². The number of aromatic nitrogens is 2. The Morgan fingerprint density at radius 2 is 1.58 bits per heavy atom. The highest BCUT2D eigenvalue weighted by molar-refractivity contribution is 5.84. The van der Waals surface area contributed by atoms with Crippen LogP contribution < -0.4 is 20.6 Å². The molecule has 2 atom stereocenters. The smallest absolute Gasteiger partial charge is 0.273 e. The van der Waals surface area contributed by atoms with Crippen molar-refractivity contribution in [1.29, 1.82) is 0 Å². The molecule has 3 rings (SSSR count). The number of nitrogens with one attached hydrogen (secondary N) is 1. The maximum atomic E-state index is 12.9. The summed E-state index contributed by atoms with van der Waals surface area (Å²) in [5, 5.41) is 3.33. The molecule has 1 aromatic heterocycles. The van der Waals surface area contributed by atoms with Crippen molar-refractivity contribution in [2.75, 3.05) is 14.2 Å². The van der Waals surface area contributed by atoms with Crippen molar-refractivity contribution in [2.45, 2.75) is 44.9 Å². The summed E-state index contributed by atoms with van der Waals surface area (Å²) in [7, 11) is 2.99. The highest BCUT2D eigenvalue weighted by Crippen LogP contribution is 2.31. The van der Waals surface area contributed by atoms with Gasteiger partial charge in [-0.25, -0.2) is 4.68 Å². The molecule has 130 valence electrons. The monoisotopic (exact) mass is 334 g/mol. The summed E-state index contributed by atoms with van der Waals surface area (Å²) in [6.07, 6.45) is 1.43. The van der Waals surface area contributed by atoms with Gasteiger partial charge in [0.15, 0.2) is 11.5 Å². The first-order chi connectivity index (χ1) is 11.4. The van der Waals surface area contributed by atoms with Gasteiger partial charge in [0, 0.05) is 0 Å². The van der Waals surface area contributed by atoms with Crippen LogP contribution in [0.4, 0.5) is 0 Å². The second-order valence-electron chi connectivity index (χ2n) is 6.25. The molecule has 0 amide bonds. The van der Waals surface area contributed by atoms with Crippen molar-refractivity contribution in [3.63, 3.8) is 0 Å². The number of methoxy groups -OCH3 is 2. The van der Waals surface area contributed by atoms with Crippen molar-refractivity contribution in [2.24, 2.45) is 0 Å². The van der Waals surface area contributed by atoms with E-state index in [0.29, 0.717) is 35.1 Å². The average molecular weight is 334 g/mol. The van der Waals surface area contributed by atoms with Crippen LogP contribution in [-0.4, -0.2) is 36.2 Å². The predicted octanol–water partition coefficient (Wildman–Crippen LogP) is 1.84. The number of hydrogen-bond acceptors (Lipinski definition) is 5. The molecule has 2 unspecified atom stereocenters. The van der Waals surface area contributed by atoms with E-state index in [1.165, 1.54) is 25.0 Å². The maximum Gasteiger partial charge on any atom is 0.273 e. The predicted molar refractivity (Wildman–Crippen MR) is 90.2 cm³/mol. The molecule has 7 heteroatoms. The van der Waals surface area contributed by atoms with Crippen LogP contribution in [0.5, 0.6) is 11.5 Å². The quantitative estimate of drug-likeness (QED) is 0.926. The number of rotatable bonds is 3. The van der Waals surface area contributed by atoms with Crippen molar-refractivity contribution in [3.05, 3.63) is 32.8 Å². The molecule has 1 aliphatic heterocycles. The topological polar surface area (TPSA) is 82.5 Å². The molecule has 2 aromatic rings. The first-order valence-corrected chi connectivity index (χ1v) is 8.00. The van der Waals surface area contributed by atoms with Gasteiger partial charge < -0.3 is 14.2 Å². The van der Waals surface area contributed by atoms with Crippen LogP contribution in [-0.2, 0) is 4.74 Å². The molecular formula is C17H22N2O5. The van der Waals surface area contributed by atoms with Gasteiger partial charge in [-0.2, -0.15) is 0 Å². The van der Waals surface area contributed by atoms with Crippen molar-refractivity contribution in [1.82, 2.24) is 9.78 Å². The SMILES string of the molecule is COc1cc2c(=O)[nH]n(C3CC(C)OC(C)C3)c(=O)c2cc1OC. The standard InChI is InChI=1S/C17H22N2O5/c1-9-5-11(6-10(2)24-9)19-17(21)13-8-15(23-4)14(22-3)7-12(13)16(20)18-19/h7-11H,5-6H2,1-4H3,(H,18,20). The summed E-state index contributed by atoms with van der Waals surface area (Å²) in [6, 6.07) is 3.00. The van der Waals surface area contributed by atoms with Crippen LogP contribution in [0.1, 0.15) is 32.7 Å². The minimum absolute atomic E-state index is 0.0373. The zero-order valence-electron chi connectivity index (χ0n) is 14.3. The van der Waals surface area contributed by atoms with Gasteiger partial charge in [0.05, 0.1) is 43.2 Å². The summed E-state index contributed by atoms with van der Waals surface area (Å²) in [5.41, 5.74) is -0.561. The molecule has 1 N–H and O–H groups in total. The largest absolute Gasteiger partial charge is 0.493 e. The molecule has 1 fully saturated rings. The van der Waals surface area contributed by atoms with Crippen molar-refractivity contribution < 1.29 is 14.2 Å². The van der Waals surface area contributed by atoms with Crippen molar-refractivity contribution in [3.8, 4) is 11.5 Å². The molecule has 2 heterocycles. The molecule has 1 saturated heterocycles. The highest BCUT2D eigenvalue weighted by Gasteiger charge is 2.27. The van der Waals surface area contributed by atoms with Gasteiger partial charge in [0.1, 0.15) is 0 Å². The normalized spacial score (nSPS) is 24.1. The summed E-state index contributed by atoms with van der Waals surface area (Å²) in [4.78, 5) is 25.4. The molecule has 1 aromatic carbocycles. The third-order valence-corrected chi connectivity index (χ3v) is 4.48. The number of benzene rings is 1. The number of fused-ring (bicyclic) bond motifs is 1. The molecule has 24 heavy (non-hydrogen) atoms. The van der Waals surface area contributed by atoms with Gasteiger partial charge in [-0.1, -0.05) is 0 Å². The summed E-state index contributed by atoms with van der Waals surface area (Å²) in [6.45, 7) is 3.95. The summed E-state index contributed by atoms with van der Waals surface area (Å²) >= 11 is 0. The van der Waals surface area contributed by atoms with Crippen LogP contribution in [0.2, 0.25) is 0 Å². The van der Waals surface area contributed by atoms with Gasteiger partial charge >= 0.3 is 0 Å². The maximum absolute atomic E-state index is 12.9. The molecule has 0 spiro atoms. The lowest BCUT2D eigenvalue weighted by atomic mass is 10.00. The van der Waals surface area contributed by atoms with Gasteiger partial charge in [0.2, 0.25) is 0 Å². The number of hydrogen-bond donors (Lipinski definition) is 1. The Balaban J connectivity index is 2.19. The van der Waals surface area contributed by atoms with Crippen LogP contribution in [0.15, 0.2) is 21.7 Å². The fraction of sp³-hybridized carbons (Fsp3) is 0.529. The lowest BCUT2D eigenvalue weighted by Gasteiger charge is -2.32. The lowest BCUT2D eigenvalue weighted by molar-refractivity contribution is -0.0514. The van der Waals surface area contributed by atoms with E-state index in [0.717, 1.165) is 0 Å². The van der Waals surface area contributed by atoms with E-state index >= 15 is 0 Å². The van der Waals surface area contributed by atoms with E-state index in [1.54, 1.807) is 6.07 Å². The summed E-state index contributed by atoms with van der Waals surface area (Å²) < 4.78 is 17.6. The Bertz CT molecular complexity index is 860. The molecule has 0 radical (unpaired) electrons. The number of nitrogens with zero attached hydrogens (tertiary/aromatic N) is 1. The highest BCUT2D eigenvalue weighted by atomic mass is 16.5. The number of H-pyrrole nitrogens is 1. The number of ether oxygens (including phenoxy) is 3. The molecule has 1 aliphatic rings. The van der Waals surface area contributed by atoms with Gasteiger partial charge in [0.25, 0.3) is 11.1 Å². The summed E-state index contributed by atoms with van der Waals surface area (Å²) in [5.74, 6) is 0.842. The molecular weight excluding hydrogens is 312 g/mol. The van der Waals surface area contributed by atoms with E-state index in [1.807, 2.05) is 13.8 Å². The van der Waals surface area contributed by atoms with E-state index in [2.05, 4.69) is 5.10 Å². The van der Waals surface area contributed by atoms with Crippen LogP contribution in [0.25, 0.3) is 10.8 Å². The fourth-order valence-electron chi connectivity index (χ4n) is 3.43. The zero-order chi connectivity index (χ0) is 17.4. The van der Waals surface area contributed by atoms with E-state index in [-0.39, 0.29) is 29.4 Å². The van der Waals surface area contributed by atoms with E-state index in [9.17, 15) is 9.59 Å². The Labute approximate surface area is 139 Å². The minimum atomic E-state index is -0.322. The Hall–Kier alpha value is -2.28. The first-order valence-electron chi connectivity index (χ1n) is 8.00. The Morgan fingerprint density at radius 3 is 2.12 bits per heavy atom.